The fourth-order valence-corrected chi connectivity index (χ4v) is 5.07. The summed E-state index contributed by atoms with van der Waals surface area (Å²) < 4.78 is 13.5. The largest absolute Gasteiger partial charge is 0.497 e. The molecule has 0 spiro atoms. The quantitative estimate of drug-likeness (QED) is 0.244. The van der Waals surface area contributed by atoms with Gasteiger partial charge in [0.1, 0.15) is 45.3 Å². The maximum atomic E-state index is 14.8. The SMILES string of the molecule is COc1cccc(NC2=C(n3nnc4ccccc43)C(=O)C(Nc3cccc(OC)c3)=C(n3nnc4ccccc43)C2=O)c1. The monoisotopic (exact) mass is 584 g/mol. The van der Waals surface area contributed by atoms with E-state index >= 15 is 0 Å². The number of allylic oxidation sites excluding steroid dienone is 2. The van der Waals surface area contributed by atoms with Gasteiger partial charge in [-0.3, -0.25) is 9.59 Å². The molecule has 12 nitrogen and oxygen atoms in total. The number of aromatic nitrogens is 6. The van der Waals surface area contributed by atoms with Crippen LogP contribution in [0.4, 0.5) is 11.4 Å². The van der Waals surface area contributed by atoms with E-state index < -0.39 is 11.6 Å². The van der Waals surface area contributed by atoms with E-state index in [4.69, 9.17) is 9.47 Å². The van der Waals surface area contributed by atoms with Crippen LogP contribution < -0.4 is 20.1 Å². The minimum Gasteiger partial charge on any atom is -0.497 e. The first kappa shape index (κ1) is 26.6. The highest BCUT2D eigenvalue weighted by Crippen LogP contribution is 2.35. The molecule has 0 saturated heterocycles. The van der Waals surface area contributed by atoms with Crippen LogP contribution in [0.5, 0.6) is 11.5 Å². The minimum atomic E-state index is -0.525. The molecular formula is C32H24N8O4. The zero-order valence-electron chi connectivity index (χ0n) is 23.6. The summed E-state index contributed by atoms with van der Waals surface area (Å²) >= 11 is 0. The normalized spacial score (nSPS) is 13.6. The number of anilines is 2. The van der Waals surface area contributed by atoms with Crippen molar-refractivity contribution in [1.82, 2.24) is 30.0 Å². The van der Waals surface area contributed by atoms with Gasteiger partial charge in [0.05, 0.1) is 25.3 Å². The molecule has 0 aliphatic heterocycles. The van der Waals surface area contributed by atoms with Crippen LogP contribution in [0.25, 0.3) is 33.5 Å². The summed E-state index contributed by atoms with van der Waals surface area (Å²) in [5, 5.41) is 23.5. The molecule has 7 rings (SSSR count). The van der Waals surface area contributed by atoms with Crippen LogP contribution >= 0.6 is 0 Å². The van der Waals surface area contributed by atoms with E-state index in [1.807, 2.05) is 24.3 Å². The Morgan fingerprint density at radius 2 is 1.00 bits per heavy atom. The van der Waals surface area contributed by atoms with Gasteiger partial charge in [0.25, 0.3) is 0 Å². The van der Waals surface area contributed by atoms with E-state index in [9.17, 15) is 9.59 Å². The molecule has 1 aliphatic carbocycles. The third-order valence-corrected chi connectivity index (χ3v) is 7.16. The van der Waals surface area contributed by atoms with Crippen molar-refractivity contribution < 1.29 is 19.1 Å². The Kier molecular flexibility index (Phi) is 6.55. The highest BCUT2D eigenvalue weighted by atomic mass is 16.5. The van der Waals surface area contributed by atoms with Gasteiger partial charge in [0, 0.05) is 23.5 Å². The van der Waals surface area contributed by atoms with Gasteiger partial charge in [0.15, 0.2) is 0 Å². The van der Waals surface area contributed by atoms with Gasteiger partial charge in [0.2, 0.25) is 11.6 Å². The van der Waals surface area contributed by atoms with Crippen LogP contribution in [-0.2, 0) is 9.59 Å². The van der Waals surface area contributed by atoms with E-state index in [-0.39, 0.29) is 22.8 Å². The Morgan fingerprint density at radius 3 is 1.43 bits per heavy atom. The van der Waals surface area contributed by atoms with E-state index in [1.165, 1.54) is 9.36 Å². The molecule has 0 amide bonds. The second-order valence-corrected chi connectivity index (χ2v) is 9.80. The van der Waals surface area contributed by atoms with Crippen molar-refractivity contribution in [3.05, 3.63) is 108 Å². The number of Topliss-reactive ketones (excluding diaryl/α,β-unsaturated/α-hetero) is 2. The summed E-state index contributed by atoms with van der Waals surface area (Å²) in [6, 6.07) is 28.5. The molecule has 12 heteroatoms. The van der Waals surface area contributed by atoms with E-state index in [0.29, 0.717) is 44.9 Å². The van der Waals surface area contributed by atoms with Crippen molar-refractivity contribution >= 4 is 56.4 Å². The average Bonchev–Trinajstić information content (AvgIpc) is 3.68. The van der Waals surface area contributed by atoms with Gasteiger partial charge in [-0.25, -0.2) is 9.36 Å². The third kappa shape index (κ3) is 4.50. The van der Waals surface area contributed by atoms with Gasteiger partial charge in [-0.05, 0) is 48.5 Å². The van der Waals surface area contributed by atoms with Crippen molar-refractivity contribution in [1.29, 1.82) is 0 Å². The van der Waals surface area contributed by atoms with Crippen molar-refractivity contribution in [2.45, 2.75) is 0 Å². The van der Waals surface area contributed by atoms with E-state index in [0.717, 1.165) is 0 Å². The lowest BCUT2D eigenvalue weighted by atomic mass is 9.97. The van der Waals surface area contributed by atoms with Gasteiger partial charge in [-0.2, -0.15) is 0 Å². The standard InChI is InChI=1S/C32H24N8O4/c1-43-21-11-7-9-19(17-21)33-27-29(39-25-15-5-3-13-23(25)35-37-39)32(42)28(34-20-10-8-12-22(18-20)44-2)30(31(27)41)40-26-16-6-4-14-24(26)36-38-40/h3-18,33-34H,1-2H3. The summed E-state index contributed by atoms with van der Waals surface area (Å²) in [4.78, 5) is 29.5. The highest BCUT2D eigenvalue weighted by molar-refractivity contribution is 6.45. The van der Waals surface area contributed by atoms with Gasteiger partial charge in [-0.15, -0.1) is 10.2 Å². The Balaban J connectivity index is 1.48. The number of benzene rings is 4. The molecule has 0 bridgehead atoms. The molecule has 0 atom stereocenters. The van der Waals surface area contributed by atoms with Crippen molar-refractivity contribution in [2.24, 2.45) is 0 Å². The number of ketones is 2. The van der Waals surface area contributed by atoms with Crippen LogP contribution in [0.3, 0.4) is 0 Å². The van der Waals surface area contributed by atoms with Crippen LogP contribution in [0.1, 0.15) is 0 Å². The number of ether oxygens (including phenoxy) is 2. The summed E-state index contributed by atoms with van der Waals surface area (Å²) in [5.74, 6) is 0.0822. The number of hydrogen-bond acceptors (Lipinski definition) is 10. The van der Waals surface area contributed by atoms with Crippen LogP contribution in [-0.4, -0.2) is 55.8 Å². The summed E-state index contributed by atoms with van der Waals surface area (Å²) in [6.07, 6.45) is 0. The lowest BCUT2D eigenvalue weighted by Gasteiger charge is -2.25. The molecule has 2 N–H and O–H groups in total. The second-order valence-electron chi connectivity index (χ2n) is 9.80. The molecule has 0 fully saturated rings. The Morgan fingerprint density at radius 1 is 0.568 bits per heavy atom. The van der Waals surface area contributed by atoms with Crippen LogP contribution in [0.15, 0.2) is 108 Å². The topological polar surface area (TPSA) is 138 Å². The number of methoxy groups -OCH3 is 2. The lowest BCUT2D eigenvalue weighted by molar-refractivity contribution is -0.114. The zero-order valence-corrected chi connectivity index (χ0v) is 23.6. The number of para-hydroxylation sites is 2. The predicted octanol–water partition coefficient (Wildman–Crippen LogP) is 4.61. The highest BCUT2D eigenvalue weighted by Gasteiger charge is 2.39. The number of carbonyl (C=O) groups is 2. The van der Waals surface area contributed by atoms with Gasteiger partial charge < -0.3 is 20.1 Å². The number of hydrogen-bond donors (Lipinski definition) is 2. The van der Waals surface area contributed by atoms with Crippen molar-refractivity contribution in [3.63, 3.8) is 0 Å². The predicted molar refractivity (Wildman–Crippen MR) is 165 cm³/mol. The van der Waals surface area contributed by atoms with E-state index in [2.05, 4.69) is 31.3 Å². The maximum absolute atomic E-state index is 14.8. The number of fused-ring (bicyclic) bond motifs is 2. The molecule has 0 saturated carbocycles. The van der Waals surface area contributed by atoms with Crippen LogP contribution in [0.2, 0.25) is 0 Å². The second kappa shape index (κ2) is 10.8. The number of rotatable bonds is 8. The first-order chi connectivity index (χ1) is 21.6. The molecule has 6 aromatic rings. The van der Waals surface area contributed by atoms with Crippen molar-refractivity contribution in [3.8, 4) is 11.5 Å². The molecule has 1 aliphatic rings. The first-order valence-electron chi connectivity index (χ1n) is 13.6. The fourth-order valence-electron chi connectivity index (χ4n) is 5.07. The Hall–Kier alpha value is -6.30. The first-order valence-corrected chi connectivity index (χ1v) is 13.6. The number of nitrogens with zero attached hydrogens (tertiary/aromatic N) is 6. The Labute approximate surface area is 250 Å². The van der Waals surface area contributed by atoms with Crippen molar-refractivity contribution in [2.75, 3.05) is 24.9 Å². The Bertz CT molecular complexity index is 2010. The summed E-state index contributed by atoms with van der Waals surface area (Å²) in [6.45, 7) is 0. The maximum Gasteiger partial charge on any atom is 0.232 e. The number of nitrogens with one attached hydrogen (secondary N) is 2. The zero-order chi connectivity index (χ0) is 30.2. The molecule has 2 heterocycles. The molecule has 216 valence electrons. The fraction of sp³-hybridized carbons (Fsp3) is 0.0625. The average molecular weight is 585 g/mol. The molecule has 44 heavy (non-hydrogen) atoms. The minimum absolute atomic E-state index is 0.0231. The molecule has 0 radical (unpaired) electrons. The third-order valence-electron chi connectivity index (χ3n) is 7.16. The van der Waals surface area contributed by atoms with Crippen LogP contribution in [0, 0.1) is 0 Å². The lowest BCUT2D eigenvalue weighted by Crippen LogP contribution is -2.34. The van der Waals surface area contributed by atoms with Gasteiger partial charge in [-0.1, -0.05) is 46.8 Å². The molecule has 4 aromatic carbocycles. The number of carbonyl (C=O) groups excluding carboxylic acids is 2. The van der Waals surface area contributed by atoms with Gasteiger partial charge >= 0.3 is 0 Å². The molecule has 2 aromatic heterocycles. The molecular weight excluding hydrogens is 560 g/mol. The smallest absolute Gasteiger partial charge is 0.232 e. The van der Waals surface area contributed by atoms with E-state index in [1.54, 1.807) is 87.0 Å². The summed E-state index contributed by atoms with van der Waals surface area (Å²) in [7, 11) is 3.10. The molecule has 0 unspecified atom stereocenters. The summed E-state index contributed by atoms with van der Waals surface area (Å²) in [5.41, 5.74) is 3.15.